The number of carbonyl (C=O) groups excluding carboxylic acids is 2. The largest absolute Gasteiger partial charge is 0.388 e. The Morgan fingerprint density at radius 2 is 2.13 bits per heavy atom. The number of rotatable bonds is 4. The lowest BCUT2D eigenvalue weighted by Gasteiger charge is -2.53. The van der Waals surface area contributed by atoms with E-state index in [2.05, 4.69) is 20.4 Å². The molecule has 3 N–H and O–H groups in total. The number of carbonyl (C=O) groups is 2. The van der Waals surface area contributed by atoms with Crippen LogP contribution in [0.5, 0.6) is 0 Å². The maximum Gasteiger partial charge on any atom is 0.289 e. The van der Waals surface area contributed by atoms with Gasteiger partial charge < -0.3 is 25.0 Å². The average Bonchev–Trinajstić information content (AvgIpc) is 3.44. The van der Waals surface area contributed by atoms with Crippen molar-refractivity contribution < 1.29 is 19.4 Å². The number of hydrogen-bond acceptors (Lipinski definition) is 6. The van der Waals surface area contributed by atoms with Crippen LogP contribution in [0, 0.1) is 0 Å². The Labute approximate surface area is 174 Å². The van der Waals surface area contributed by atoms with E-state index in [4.69, 9.17) is 4.74 Å². The van der Waals surface area contributed by atoms with Crippen LogP contribution in [0.2, 0.25) is 0 Å². The van der Waals surface area contributed by atoms with E-state index in [0.29, 0.717) is 56.9 Å². The Morgan fingerprint density at radius 3 is 2.77 bits per heavy atom. The third-order valence-corrected chi connectivity index (χ3v) is 6.33. The number of ether oxygens (including phenoxy) is 1. The van der Waals surface area contributed by atoms with Crippen molar-refractivity contribution >= 4 is 11.8 Å². The number of amides is 2. The van der Waals surface area contributed by atoms with Crippen LogP contribution in [0.4, 0.5) is 0 Å². The number of hydrogen-bond donors (Lipinski definition) is 3. The molecule has 0 radical (unpaired) electrons. The maximum atomic E-state index is 12.8. The lowest BCUT2D eigenvalue weighted by atomic mass is 9.73. The molecule has 10 heteroatoms. The quantitative estimate of drug-likeness (QED) is 0.669. The Balaban J connectivity index is 1.44. The van der Waals surface area contributed by atoms with Gasteiger partial charge in [-0.3, -0.25) is 14.3 Å². The van der Waals surface area contributed by atoms with E-state index in [1.807, 2.05) is 13.8 Å². The van der Waals surface area contributed by atoms with Crippen LogP contribution in [-0.4, -0.2) is 78.5 Å². The molecule has 0 aliphatic carbocycles. The van der Waals surface area contributed by atoms with Crippen molar-refractivity contribution in [2.45, 2.75) is 56.9 Å². The number of H-pyrrole nitrogens is 1. The van der Waals surface area contributed by atoms with Crippen LogP contribution in [-0.2, 0) is 11.3 Å². The number of likely N-dealkylation sites (tertiary alicyclic amines) is 1. The molecule has 2 atom stereocenters. The summed E-state index contributed by atoms with van der Waals surface area (Å²) in [6.45, 7) is 5.80. The molecule has 2 aromatic rings. The molecule has 2 aromatic heterocycles. The fourth-order valence-corrected chi connectivity index (χ4v) is 4.42. The Bertz CT molecular complexity index is 902. The second kappa shape index (κ2) is 7.84. The summed E-state index contributed by atoms with van der Waals surface area (Å²) in [6, 6.07) is 0. The van der Waals surface area contributed by atoms with E-state index in [9.17, 15) is 14.7 Å². The predicted octanol–water partition coefficient (Wildman–Crippen LogP) is 0.571. The molecule has 30 heavy (non-hydrogen) atoms. The monoisotopic (exact) mass is 416 g/mol. The fourth-order valence-electron chi connectivity index (χ4n) is 4.42. The van der Waals surface area contributed by atoms with E-state index in [0.717, 1.165) is 0 Å². The minimum atomic E-state index is -0.898. The molecule has 0 saturated carbocycles. The summed E-state index contributed by atoms with van der Waals surface area (Å²) < 4.78 is 7.75. The zero-order valence-corrected chi connectivity index (χ0v) is 17.3. The van der Waals surface area contributed by atoms with Gasteiger partial charge >= 0.3 is 0 Å². The van der Waals surface area contributed by atoms with Crippen molar-refractivity contribution in [3.63, 3.8) is 0 Å². The zero-order valence-electron chi connectivity index (χ0n) is 17.3. The van der Waals surface area contributed by atoms with Crippen molar-refractivity contribution in [3.8, 4) is 0 Å². The van der Waals surface area contributed by atoms with Gasteiger partial charge in [-0.25, -0.2) is 4.98 Å². The smallest absolute Gasteiger partial charge is 0.289 e. The molecule has 162 valence electrons. The summed E-state index contributed by atoms with van der Waals surface area (Å²) in [5, 5.41) is 18.4. The predicted molar refractivity (Wildman–Crippen MR) is 107 cm³/mol. The van der Waals surface area contributed by atoms with Crippen LogP contribution in [0.15, 0.2) is 24.8 Å². The molecule has 0 unspecified atom stereocenters. The molecule has 2 amide bonds. The zero-order chi connectivity index (χ0) is 21.4. The average molecular weight is 416 g/mol. The Hall–Kier alpha value is -2.72. The number of aryl methyl sites for hydroxylation is 1. The molecule has 4 heterocycles. The highest BCUT2D eigenvalue weighted by molar-refractivity contribution is 5.94. The lowest BCUT2D eigenvalue weighted by Crippen LogP contribution is -2.69. The van der Waals surface area contributed by atoms with E-state index >= 15 is 0 Å². The highest BCUT2D eigenvalue weighted by Gasteiger charge is 2.54. The van der Waals surface area contributed by atoms with E-state index in [1.54, 1.807) is 28.2 Å². The van der Waals surface area contributed by atoms with Gasteiger partial charge in [0.25, 0.3) is 11.8 Å². The van der Waals surface area contributed by atoms with Crippen molar-refractivity contribution in [1.29, 1.82) is 0 Å². The van der Waals surface area contributed by atoms with Crippen LogP contribution in [0.1, 0.15) is 54.1 Å². The molecular formula is C20H28N6O4. The summed E-state index contributed by atoms with van der Waals surface area (Å²) >= 11 is 0. The van der Waals surface area contributed by atoms with Crippen LogP contribution >= 0.6 is 0 Å². The van der Waals surface area contributed by atoms with Crippen LogP contribution < -0.4 is 5.32 Å². The van der Waals surface area contributed by atoms with Gasteiger partial charge in [-0.1, -0.05) is 0 Å². The third-order valence-electron chi connectivity index (χ3n) is 6.33. The topological polar surface area (TPSA) is 125 Å². The minimum Gasteiger partial charge on any atom is -0.388 e. The Kier molecular flexibility index (Phi) is 5.37. The van der Waals surface area contributed by atoms with Gasteiger partial charge in [0.05, 0.1) is 22.9 Å². The van der Waals surface area contributed by atoms with Crippen molar-refractivity contribution in [2.24, 2.45) is 0 Å². The molecule has 2 aliphatic heterocycles. The van der Waals surface area contributed by atoms with Gasteiger partial charge in [-0.05, 0) is 33.1 Å². The number of imidazole rings is 1. The molecule has 1 spiro atoms. The summed E-state index contributed by atoms with van der Waals surface area (Å²) in [4.78, 5) is 33.9. The summed E-state index contributed by atoms with van der Waals surface area (Å²) in [5.74, 6) is -0.122. The van der Waals surface area contributed by atoms with E-state index in [-0.39, 0.29) is 11.8 Å². The third kappa shape index (κ3) is 3.61. The second-order valence-electron chi connectivity index (χ2n) is 8.25. The van der Waals surface area contributed by atoms with E-state index < -0.39 is 17.2 Å². The Morgan fingerprint density at radius 1 is 1.37 bits per heavy atom. The van der Waals surface area contributed by atoms with Gasteiger partial charge in [0.2, 0.25) is 0 Å². The molecule has 2 aliphatic rings. The van der Waals surface area contributed by atoms with Gasteiger partial charge in [0.15, 0.2) is 5.82 Å². The second-order valence-corrected chi connectivity index (χ2v) is 8.25. The summed E-state index contributed by atoms with van der Waals surface area (Å²) in [7, 11) is 0. The first-order chi connectivity index (χ1) is 14.4. The highest BCUT2D eigenvalue weighted by atomic mass is 16.5. The number of nitrogens with one attached hydrogen (secondary N) is 2. The molecule has 10 nitrogen and oxygen atoms in total. The standard InChI is InChI=1S/C20H28N6O4/c1-3-26-13-14(12-23-26)16(27)24-19(2)6-11-30-20(18(19)29)4-9-25(10-5-20)17(28)15-21-7-8-22-15/h7-8,12-13,18,29H,3-6,9-11H2,1-2H3,(H,21,22)(H,24,27)/t18-,19+/m0/s1. The van der Waals surface area contributed by atoms with Crippen molar-refractivity contribution in [1.82, 2.24) is 30.0 Å². The van der Waals surface area contributed by atoms with Gasteiger partial charge in [-0.15, -0.1) is 0 Å². The SMILES string of the molecule is CCn1cc(C(=O)N[C@]2(C)CCOC3(CCN(C(=O)c4ncc[nH]4)CC3)[C@H]2O)cn1. The number of aliphatic hydroxyl groups excluding tert-OH is 1. The minimum absolute atomic E-state index is 0.163. The number of nitrogens with zero attached hydrogens (tertiary/aromatic N) is 4. The number of aromatic amines is 1. The number of aliphatic hydroxyl groups is 1. The fraction of sp³-hybridized carbons (Fsp3) is 0.600. The lowest BCUT2D eigenvalue weighted by molar-refractivity contribution is -0.203. The first kappa shape index (κ1) is 20.5. The number of piperidine rings is 1. The molecule has 2 fully saturated rings. The van der Waals surface area contributed by atoms with Crippen molar-refractivity contribution in [2.75, 3.05) is 19.7 Å². The van der Waals surface area contributed by atoms with Crippen molar-refractivity contribution in [3.05, 3.63) is 36.2 Å². The normalized spacial score (nSPS) is 26.0. The van der Waals surface area contributed by atoms with Gasteiger partial charge in [0.1, 0.15) is 6.10 Å². The molecule has 4 rings (SSSR count). The molecule has 0 bridgehead atoms. The van der Waals surface area contributed by atoms with Gasteiger partial charge in [0, 0.05) is 44.8 Å². The first-order valence-corrected chi connectivity index (χ1v) is 10.3. The summed E-state index contributed by atoms with van der Waals surface area (Å²) in [6.07, 6.45) is 6.96. The van der Waals surface area contributed by atoms with Gasteiger partial charge in [-0.2, -0.15) is 5.10 Å². The maximum absolute atomic E-state index is 12.8. The molecule has 0 aromatic carbocycles. The summed E-state index contributed by atoms with van der Waals surface area (Å²) in [5.41, 5.74) is -1.17. The first-order valence-electron chi connectivity index (χ1n) is 10.3. The molecule has 2 saturated heterocycles. The van der Waals surface area contributed by atoms with E-state index in [1.165, 1.54) is 6.20 Å². The van der Waals surface area contributed by atoms with Crippen LogP contribution in [0.3, 0.4) is 0 Å². The highest BCUT2D eigenvalue weighted by Crippen LogP contribution is 2.40. The molecular weight excluding hydrogens is 388 g/mol. The number of aromatic nitrogens is 4. The van der Waals surface area contributed by atoms with Crippen LogP contribution in [0.25, 0.3) is 0 Å².